The van der Waals surface area contributed by atoms with Crippen molar-refractivity contribution in [3.8, 4) is 0 Å². The van der Waals surface area contributed by atoms with Gasteiger partial charge in [0.25, 0.3) is 0 Å². The van der Waals surface area contributed by atoms with Crippen LogP contribution in [0.3, 0.4) is 0 Å². The molecular formula is C11H20ClNO4. The first-order valence-corrected chi connectivity index (χ1v) is 5.41. The first-order chi connectivity index (χ1) is 7.17. The standard InChI is InChI=1S/C11H19NO4.ClH/c1-10(2,3)16-9(15)12-7-5-6-11(12,4)8(13)14;/h5-7H2,1-4H3,(H,13,14);1H/t11-;/m0./s1. The van der Waals surface area contributed by atoms with Gasteiger partial charge in [-0.25, -0.2) is 9.59 Å². The van der Waals surface area contributed by atoms with Gasteiger partial charge in [-0.05, 0) is 40.5 Å². The third-order valence-electron chi connectivity index (χ3n) is 2.72. The molecule has 1 aliphatic rings. The van der Waals surface area contributed by atoms with Crippen LogP contribution in [0.4, 0.5) is 4.79 Å². The summed E-state index contributed by atoms with van der Waals surface area (Å²) in [5.41, 5.74) is -1.72. The molecule has 0 radical (unpaired) electrons. The number of rotatable bonds is 1. The van der Waals surface area contributed by atoms with Crippen LogP contribution in [0.25, 0.3) is 0 Å². The summed E-state index contributed by atoms with van der Waals surface area (Å²) in [7, 11) is 0. The zero-order chi connectivity index (χ0) is 12.6. The Hall–Kier alpha value is -0.970. The monoisotopic (exact) mass is 265 g/mol. The van der Waals surface area contributed by atoms with Crippen LogP contribution in [0.5, 0.6) is 0 Å². The second-order valence-corrected chi connectivity index (χ2v) is 5.31. The van der Waals surface area contributed by atoms with Crippen molar-refractivity contribution >= 4 is 24.5 Å². The van der Waals surface area contributed by atoms with Crippen LogP contribution in [-0.2, 0) is 9.53 Å². The van der Waals surface area contributed by atoms with Crippen LogP contribution in [-0.4, -0.2) is 39.8 Å². The van der Waals surface area contributed by atoms with E-state index in [2.05, 4.69) is 0 Å². The Kier molecular flexibility index (Phi) is 4.83. The van der Waals surface area contributed by atoms with Crippen LogP contribution in [0.1, 0.15) is 40.5 Å². The normalized spacial score (nSPS) is 24.1. The Morgan fingerprint density at radius 1 is 1.35 bits per heavy atom. The van der Waals surface area contributed by atoms with E-state index in [4.69, 9.17) is 9.84 Å². The fourth-order valence-electron chi connectivity index (χ4n) is 1.80. The highest BCUT2D eigenvalue weighted by atomic mass is 35.5. The first-order valence-electron chi connectivity index (χ1n) is 5.41. The lowest BCUT2D eigenvalue weighted by Gasteiger charge is -2.32. The maximum absolute atomic E-state index is 11.8. The van der Waals surface area contributed by atoms with E-state index >= 15 is 0 Å². The van der Waals surface area contributed by atoms with E-state index in [1.165, 1.54) is 4.90 Å². The molecule has 0 aromatic heterocycles. The third kappa shape index (κ3) is 3.49. The Balaban J connectivity index is 0.00000256. The van der Waals surface area contributed by atoms with Crippen molar-refractivity contribution in [2.45, 2.75) is 51.7 Å². The summed E-state index contributed by atoms with van der Waals surface area (Å²) in [5, 5.41) is 9.14. The van der Waals surface area contributed by atoms with Crippen molar-refractivity contribution in [2.75, 3.05) is 6.54 Å². The Morgan fingerprint density at radius 3 is 2.29 bits per heavy atom. The van der Waals surface area contributed by atoms with Crippen molar-refractivity contribution in [2.24, 2.45) is 0 Å². The molecule has 0 unspecified atom stereocenters. The molecule has 1 atom stereocenters. The molecule has 5 nitrogen and oxygen atoms in total. The minimum atomic E-state index is -1.12. The quantitative estimate of drug-likeness (QED) is 0.790. The molecule has 17 heavy (non-hydrogen) atoms. The molecule has 0 aromatic carbocycles. The maximum Gasteiger partial charge on any atom is 0.411 e. The van der Waals surface area contributed by atoms with Crippen LogP contribution >= 0.6 is 12.4 Å². The molecule has 1 amide bonds. The van der Waals surface area contributed by atoms with Gasteiger partial charge in [-0.15, -0.1) is 12.4 Å². The topological polar surface area (TPSA) is 66.8 Å². The molecular weight excluding hydrogens is 246 g/mol. The van der Waals surface area contributed by atoms with Gasteiger partial charge in [-0.3, -0.25) is 4.90 Å². The molecule has 0 aliphatic carbocycles. The second-order valence-electron chi connectivity index (χ2n) is 5.31. The Labute approximate surface area is 108 Å². The fourth-order valence-corrected chi connectivity index (χ4v) is 1.80. The van der Waals surface area contributed by atoms with Crippen molar-refractivity contribution in [1.29, 1.82) is 0 Å². The highest BCUT2D eigenvalue weighted by molar-refractivity contribution is 5.85. The van der Waals surface area contributed by atoms with Crippen LogP contribution in [0, 0.1) is 0 Å². The van der Waals surface area contributed by atoms with E-state index in [1.54, 1.807) is 27.7 Å². The number of carbonyl (C=O) groups is 2. The predicted octanol–water partition coefficient (Wildman–Crippen LogP) is 2.28. The molecule has 1 N–H and O–H groups in total. The van der Waals surface area contributed by atoms with Gasteiger partial charge in [0.05, 0.1) is 0 Å². The zero-order valence-corrected chi connectivity index (χ0v) is 11.5. The maximum atomic E-state index is 11.8. The van der Waals surface area contributed by atoms with Crippen molar-refractivity contribution in [1.82, 2.24) is 4.90 Å². The van der Waals surface area contributed by atoms with Crippen LogP contribution in [0.2, 0.25) is 0 Å². The number of likely N-dealkylation sites (tertiary alicyclic amines) is 1. The first kappa shape index (κ1) is 16.0. The highest BCUT2D eigenvalue weighted by Crippen LogP contribution is 2.30. The van der Waals surface area contributed by atoms with Crippen molar-refractivity contribution in [3.63, 3.8) is 0 Å². The van der Waals surface area contributed by atoms with Gasteiger partial charge in [0.15, 0.2) is 0 Å². The summed E-state index contributed by atoms with van der Waals surface area (Å²) in [6.07, 6.45) is 0.624. The van der Waals surface area contributed by atoms with Gasteiger partial charge in [0.2, 0.25) is 0 Å². The summed E-state index contributed by atoms with van der Waals surface area (Å²) < 4.78 is 5.19. The molecule has 1 heterocycles. The van der Waals surface area contributed by atoms with E-state index in [9.17, 15) is 9.59 Å². The lowest BCUT2D eigenvalue weighted by molar-refractivity contribution is -0.148. The number of hydrogen-bond acceptors (Lipinski definition) is 3. The molecule has 0 bridgehead atoms. The van der Waals surface area contributed by atoms with E-state index in [1.807, 2.05) is 0 Å². The van der Waals surface area contributed by atoms with E-state index < -0.39 is 23.2 Å². The Bertz CT molecular complexity index is 313. The minimum absolute atomic E-state index is 0. The summed E-state index contributed by atoms with van der Waals surface area (Å²) in [5.74, 6) is -0.976. The average Bonchev–Trinajstić information content (AvgIpc) is 2.45. The number of hydrogen-bond donors (Lipinski definition) is 1. The van der Waals surface area contributed by atoms with Crippen LogP contribution < -0.4 is 0 Å². The molecule has 1 aliphatic heterocycles. The largest absolute Gasteiger partial charge is 0.480 e. The van der Waals surface area contributed by atoms with Crippen molar-refractivity contribution < 1.29 is 19.4 Å². The number of aliphatic carboxylic acids is 1. The van der Waals surface area contributed by atoms with E-state index in [0.717, 1.165) is 0 Å². The molecule has 100 valence electrons. The van der Waals surface area contributed by atoms with E-state index in [-0.39, 0.29) is 12.4 Å². The SMILES string of the molecule is CC(C)(C)OC(=O)N1CCC[C@@]1(C)C(=O)O.Cl. The van der Waals surface area contributed by atoms with Gasteiger partial charge in [0.1, 0.15) is 11.1 Å². The summed E-state index contributed by atoms with van der Waals surface area (Å²) in [6.45, 7) is 7.29. The van der Waals surface area contributed by atoms with Crippen molar-refractivity contribution in [3.05, 3.63) is 0 Å². The van der Waals surface area contributed by atoms with Gasteiger partial charge in [0, 0.05) is 6.54 Å². The van der Waals surface area contributed by atoms with E-state index in [0.29, 0.717) is 19.4 Å². The fraction of sp³-hybridized carbons (Fsp3) is 0.818. The number of carboxylic acids is 1. The lowest BCUT2D eigenvalue weighted by atomic mass is 10.00. The third-order valence-corrected chi connectivity index (χ3v) is 2.72. The molecule has 1 saturated heterocycles. The lowest BCUT2D eigenvalue weighted by Crippen LogP contribution is -2.52. The summed E-state index contributed by atoms with van der Waals surface area (Å²) in [6, 6.07) is 0. The second kappa shape index (κ2) is 5.12. The smallest absolute Gasteiger partial charge is 0.411 e. The predicted molar refractivity (Wildman–Crippen MR) is 65.5 cm³/mol. The number of halogens is 1. The number of carbonyl (C=O) groups excluding carboxylic acids is 1. The zero-order valence-electron chi connectivity index (χ0n) is 10.6. The number of carboxylic acid groups (broad SMARTS) is 1. The molecule has 0 saturated carbocycles. The Morgan fingerprint density at radius 2 is 1.88 bits per heavy atom. The van der Waals surface area contributed by atoms with Gasteiger partial charge in [-0.1, -0.05) is 0 Å². The minimum Gasteiger partial charge on any atom is -0.480 e. The molecule has 1 fully saturated rings. The molecule has 0 aromatic rings. The van der Waals surface area contributed by atoms with Gasteiger partial charge in [-0.2, -0.15) is 0 Å². The average molecular weight is 266 g/mol. The van der Waals surface area contributed by atoms with Gasteiger partial charge >= 0.3 is 12.1 Å². The molecule has 1 rings (SSSR count). The number of amides is 1. The van der Waals surface area contributed by atoms with Crippen LogP contribution in [0.15, 0.2) is 0 Å². The summed E-state index contributed by atoms with van der Waals surface area (Å²) >= 11 is 0. The summed E-state index contributed by atoms with van der Waals surface area (Å²) in [4.78, 5) is 24.3. The number of nitrogens with zero attached hydrogens (tertiary/aromatic N) is 1. The molecule has 6 heteroatoms. The van der Waals surface area contributed by atoms with Gasteiger partial charge < -0.3 is 9.84 Å². The molecule has 0 spiro atoms. The number of ether oxygens (including phenoxy) is 1. The highest BCUT2D eigenvalue weighted by Gasteiger charge is 2.47.